The zero-order valence-electron chi connectivity index (χ0n) is 24.2. The molecule has 1 atom stereocenters. The predicted octanol–water partition coefficient (Wildman–Crippen LogP) is 6.31. The number of pyridine rings is 2. The Kier molecular flexibility index (Phi) is 8.63. The molecule has 3 heterocycles. The van der Waals surface area contributed by atoms with E-state index in [1.165, 1.54) is 48.8 Å². The number of Topliss-reactive ketones (excluding diaryl/α,β-unsaturated/α-hetero) is 1. The van der Waals surface area contributed by atoms with Gasteiger partial charge in [-0.15, -0.1) is 0 Å². The molecule has 0 radical (unpaired) electrons. The van der Waals surface area contributed by atoms with Crippen molar-refractivity contribution in [2.45, 2.75) is 39.3 Å². The molecule has 3 aromatic heterocycles. The molecule has 0 saturated heterocycles. The van der Waals surface area contributed by atoms with E-state index in [1.807, 2.05) is 20.8 Å². The first-order valence-electron chi connectivity index (χ1n) is 13.7. The van der Waals surface area contributed by atoms with E-state index in [0.29, 0.717) is 40.3 Å². The van der Waals surface area contributed by atoms with E-state index in [9.17, 15) is 14.0 Å². The predicted molar refractivity (Wildman–Crippen MR) is 160 cm³/mol. The second-order valence-corrected chi connectivity index (χ2v) is 10.5. The number of methoxy groups -OCH3 is 1. The number of carbonyl (C=O) groups excluding carboxylic acids is 1. The lowest BCUT2D eigenvalue weighted by Crippen LogP contribution is -2.22. The monoisotopic (exact) mass is 587 g/mol. The molecule has 2 N–H and O–H groups in total. The number of aromatic amines is 1. The van der Waals surface area contributed by atoms with E-state index in [-0.39, 0.29) is 35.4 Å². The minimum absolute atomic E-state index is 0.0295. The third-order valence-corrected chi connectivity index (χ3v) is 6.90. The molecule has 9 nitrogen and oxygen atoms in total. The first-order valence-corrected chi connectivity index (χ1v) is 13.7. The standard InChI is InChI=1S/C32H31F2N5O4/c1-18(2)39-15-23(21-6-8-22(33)9-7-21)30(41)24(16-39)26(40)14-20-5-10-27(25(34)13-20)43-28-11-12-35-31-29(28)32(38-37-31)36-19(3)17-42-4/h5-13,15-16,18-19H,14,17H2,1-4H3,(H2,35,36,37,38)/t19-/m1/s1. The molecule has 0 spiro atoms. The highest BCUT2D eigenvalue weighted by Crippen LogP contribution is 2.34. The highest BCUT2D eigenvalue weighted by Gasteiger charge is 2.20. The van der Waals surface area contributed by atoms with Gasteiger partial charge in [-0.1, -0.05) is 18.2 Å². The topological polar surface area (TPSA) is 111 Å². The molecular formula is C32H31F2N5O4. The third-order valence-electron chi connectivity index (χ3n) is 6.90. The molecule has 2 aromatic carbocycles. The molecule has 0 amide bonds. The number of carbonyl (C=O) groups is 1. The van der Waals surface area contributed by atoms with Crippen LogP contribution in [0.25, 0.3) is 22.2 Å². The van der Waals surface area contributed by atoms with Crippen LogP contribution < -0.4 is 15.5 Å². The lowest BCUT2D eigenvalue weighted by atomic mass is 9.99. The Morgan fingerprint density at radius 2 is 1.81 bits per heavy atom. The first-order chi connectivity index (χ1) is 20.6. The number of nitrogens with one attached hydrogen (secondary N) is 2. The first kappa shape index (κ1) is 29.6. The van der Waals surface area contributed by atoms with Crippen molar-refractivity contribution in [1.29, 1.82) is 0 Å². The number of benzene rings is 2. The minimum Gasteiger partial charge on any atom is -0.453 e. The van der Waals surface area contributed by atoms with Gasteiger partial charge in [-0.3, -0.25) is 14.7 Å². The Balaban J connectivity index is 1.40. The van der Waals surface area contributed by atoms with Crippen molar-refractivity contribution in [3.8, 4) is 22.6 Å². The molecule has 0 aliphatic heterocycles. The second-order valence-electron chi connectivity index (χ2n) is 10.5. The Morgan fingerprint density at radius 1 is 1.05 bits per heavy atom. The fourth-order valence-corrected chi connectivity index (χ4v) is 4.70. The van der Waals surface area contributed by atoms with Gasteiger partial charge in [0.2, 0.25) is 0 Å². The number of rotatable bonds is 11. The quantitative estimate of drug-likeness (QED) is 0.174. The number of ketones is 1. The number of fused-ring (bicyclic) bond motifs is 1. The van der Waals surface area contributed by atoms with Crippen molar-refractivity contribution in [2.75, 3.05) is 19.0 Å². The highest BCUT2D eigenvalue weighted by molar-refractivity contribution is 5.98. The third kappa shape index (κ3) is 6.46. The smallest absolute Gasteiger partial charge is 0.200 e. The number of nitrogens with zero attached hydrogens (tertiary/aromatic N) is 3. The van der Waals surface area contributed by atoms with Gasteiger partial charge >= 0.3 is 0 Å². The van der Waals surface area contributed by atoms with Crippen LogP contribution in [0.1, 0.15) is 42.7 Å². The molecule has 43 heavy (non-hydrogen) atoms. The largest absolute Gasteiger partial charge is 0.453 e. The summed E-state index contributed by atoms with van der Waals surface area (Å²) >= 11 is 0. The van der Waals surface area contributed by atoms with E-state index >= 15 is 4.39 Å². The summed E-state index contributed by atoms with van der Waals surface area (Å²) in [4.78, 5) is 31.0. The molecule has 0 aliphatic carbocycles. The van der Waals surface area contributed by atoms with Crippen LogP contribution in [0.5, 0.6) is 11.5 Å². The van der Waals surface area contributed by atoms with Crippen LogP contribution in [-0.4, -0.2) is 45.3 Å². The lowest BCUT2D eigenvalue weighted by Gasteiger charge is -2.15. The van der Waals surface area contributed by atoms with Crippen LogP contribution in [0.15, 0.2) is 71.9 Å². The fourth-order valence-electron chi connectivity index (χ4n) is 4.70. The average molecular weight is 588 g/mol. The zero-order valence-corrected chi connectivity index (χ0v) is 24.2. The summed E-state index contributed by atoms with van der Waals surface area (Å²) < 4.78 is 41.6. The van der Waals surface area contributed by atoms with E-state index < -0.39 is 22.8 Å². The Hall–Kier alpha value is -4.90. The number of hydrogen-bond donors (Lipinski definition) is 2. The van der Waals surface area contributed by atoms with E-state index in [4.69, 9.17) is 9.47 Å². The van der Waals surface area contributed by atoms with Gasteiger partial charge in [-0.2, -0.15) is 5.10 Å². The van der Waals surface area contributed by atoms with Crippen LogP contribution in [-0.2, 0) is 11.2 Å². The summed E-state index contributed by atoms with van der Waals surface area (Å²) in [6.45, 7) is 6.21. The van der Waals surface area contributed by atoms with Gasteiger partial charge in [0.1, 0.15) is 17.0 Å². The maximum Gasteiger partial charge on any atom is 0.200 e. The van der Waals surface area contributed by atoms with Crippen LogP contribution >= 0.6 is 0 Å². The van der Waals surface area contributed by atoms with Crippen molar-refractivity contribution in [3.63, 3.8) is 0 Å². The maximum absolute atomic E-state index is 15.3. The Labute approximate surface area is 246 Å². The van der Waals surface area contributed by atoms with Crippen molar-refractivity contribution < 1.29 is 23.0 Å². The number of anilines is 1. The van der Waals surface area contributed by atoms with Crippen LogP contribution in [0.4, 0.5) is 14.6 Å². The summed E-state index contributed by atoms with van der Waals surface area (Å²) in [6.07, 6.45) is 4.48. The van der Waals surface area contributed by atoms with Gasteiger partial charge in [0.25, 0.3) is 0 Å². The average Bonchev–Trinajstić information content (AvgIpc) is 3.38. The Bertz CT molecular complexity index is 1830. The van der Waals surface area contributed by atoms with Gasteiger partial charge in [0.05, 0.1) is 12.2 Å². The van der Waals surface area contributed by atoms with Gasteiger partial charge in [0, 0.05) is 55.8 Å². The molecule has 0 aliphatic rings. The molecule has 0 saturated carbocycles. The van der Waals surface area contributed by atoms with Crippen molar-refractivity contribution in [3.05, 3.63) is 100 Å². The van der Waals surface area contributed by atoms with Gasteiger partial charge < -0.3 is 19.4 Å². The van der Waals surface area contributed by atoms with Crippen LogP contribution in [0.3, 0.4) is 0 Å². The van der Waals surface area contributed by atoms with E-state index in [2.05, 4.69) is 20.5 Å². The molecule has 0 fully saturated rings. The molecule has 0 unspecified atom stereocenters. The summed E-state index contributed by atoms with van der Waals surface area (Å²) in [5.74, 6) is -0.810. The lowest BCUT2D eigenvalue weighted by molar-refractivity contribution is 0.0991. The normalized spacial score (nSPS) is 12.1. The van der Waals surface area contributed by atoms with Crippen molar-refractivity contribution >= 4 is 22.6 Å². The SMILES string of the molecule is COC[C@@H](C)Nc1n[nH]c2nccc(Oc3ccc(CC(=O)c4cn(C(C)C)cc(-c5ccc(F)cc5)c4=O)cc3F)c12. The van der Waals surface area contributed by atoms with Crippen LogP contribution in [0, 0.1) is 11.6 Å². The summed E-state index contributed by atoms with van der Waals surface area (Å²) in [7, 11) is 1.60. The molecule has 11 heteroatoms. The molecular weight excluding hydrogens is 556 g/mol. The van der Waals surface area contributed by atoms with Gasteiger partial charge in [-0.05, 0) is 56.2 Å². The number of aromatic nitrogens is 4. The number of H-pyrrole nitrogens is 1. The summed E-state index contributed by atoms with van der Waals surface area (Å²) in [5.41, 5.74) is 1.11. The zero-order chi connectivity index (χ0) is 30.7. The number of hydrogen-bond acceptors (Lipinski definition) is 7. The van der Waals surface area contributed by atoms with Gasteiger partial charge in [0.15, 0.2) is 34.2 Å². The van der Waals surface area contributed by atoms with Gasteiger partial charge in [-0.25, -0.2) is 13.8 Å². The molecule has 0 bridgehead atoms. The highest BCUT2D eigenvalue weighted by atomic mass is 19.1. The molecule has 5 aromatic rings. The number of ether oxygens (including phenoxy) is 2. The van der Waals surface area contributed by atoms with Crippen LogP contribution in [0.2, 0.25) is 0 Å². The van der Waals surface area contributed by atoms with E-state index in [1.54, 1.807) is 30.0 Å². The Morgan fingerprint density at radius 3 is 2.51 bits per heavy atom. The number of halogens is 2. The molecule has 5 rings (SSSR count). The van der Waals surface area contributed by atoms with Crippen molar-refractivity contribution in [2.24, 2.45) is 0 Å². The maximum atomic E-state index is 15.3. The molecule has 222 valence electrons. The van der Waals surface area contributed by atoms with Crippen molar-refractivity contribution in [1.82, 2.24) is 19.7 Å². The minimum atomic E-state index is -0.680. The second kappa shape index (κ2) is 12.5. The van der Waals surface area contributed by atoms with E-state index in [0.717, 1.165) is 0 Å². The summed E-state index contributed by atoms with van der Waals surface area (Å²) in [5, 5.41) is 10.9. The summed E-state index contributed by atoms with van der Waals surface area (Å²) in [6, 6.07) is 11.3. The fraction of sp³-hybridized carbons (Fsp3) is 0.250.